The van der Waals surface area contributed by atoms with E-state index in [1.807, 2.05) is 67.6 Å². The van der Waals surface area contributed by atoms with Gasteiger partial charge in [-0.1, -0.05) is 60.7 Å². The van der Waals surface area contributed by atoms with Gasteiger partial charge in [-0.25, -0.2) is 19.7 Å². The van der Waals surface area contributed by atoms with Crippen LogP contribution in [0.15, 0.2) is 66.7 Å². The number of rotatable bonds is 4. The zero-order valence-corrected chi connectivity index (χ0v) is 15.8. The number of fused-ring (bicyclic) bond motifs is 1. The minimum absolute atomic E-state index is 0.162. The maximum Gasteiger partial charge on any atom is 0.413 e. The first-order chi connectivity index (χ1) is 14.1. The molecule has 144 valence electrons. The number of benzene rings is 2. The molecule has 0 aliphatic rings. The highest BCUT2D eigenvalue weighted by Crippen LogP contribution is 2.26. The first-order valence-electron chi connectivity index (χ1n) is 9.08. The van der Waals surface area contributed by atoms with Crippen molar-refractivity contribution in [1.82, 2.24) is 15.0 Å². The number of anilines is 2. The van der Waals surface area contributed by atoms with Crippen LogP contribution in [0.3, 0.4) is 0 Å². The fourth-order valence-corrected chi connectivity index (χ4v) is 2.94. The van der Waals surface area contributed by atoms with Crippen molar-refractivity contribution in [3.63, 3.8) is 0 Å². The summed E-state index contributed by atoms with van der Waals surface area (Å²) in [4.78, 5) is 25.6. The molecule has 0 aliphatic heterocycles. The molecule has 0 saturated carbocycles. The number of hydrogen-bond acceptors (Lipinski definition) is 6. The number of aryl methyl sites for hydroxylation is 1. The molecule has 7 nitrogen and oxygen atoms in total. The highest BCUT2D eigenvalue weighted by molar-refractivity contribution is 5.91. The van der Waals surface area contributed by atoms with Gasteiger partial charge in [-0.15, -0.1) is 0 Å². The summed E-state index contributed by atoms with van der Waals surface area (Å²) in [5.74, 6) is 0.259. The third-order valence-electron chi connectivity index (χ3n) is 4.33. The van der Waals surface area contributed by atoms with Gasteiger partial charge in [-0.3, -0.25) is 5.32 Å². The smallest absolute Gasteiger partial charge is 0.413 e. The van der Waals surface area contributed by atoms with Gasteiger partial charge in [0.05, 0.1) is 17.1 Å². The van der Waals surface area contributed by atoms with Gasteiger partial charge in [0.25, 0.3) is 0 Å². The summed E-state index contributed by atoms with van der Waals surface area (Å²) >= 11 is 0. The minimum Gasteiger partial charge on any atom is -0.444 e. The molecular formula is C22H19N5O2. The Morgan fingerprint density at radius 2 is 1.69 bits per heavy atom. The van der Waals surface area contributed by atoms with E-state index in [1.54, 1.807) is 6.07 Å². The predicted octanol–water partition coefficient (Wildman–Crippen LogP) is 4.33. The van der Waals surface area contributed by atoms with Crippen molar-refractivity contribution in [1.29, 1.82) is 0 Å². The van der Waals surface area contributed by atoms with Gasteiger partial charge in [-0.05, 0) is 12.5 Å². The average molecular weight is 385 g/mol. The number of nitrogen functional groups attached to an aromatic ring is 1. The zero-order chi connectivity index (χ0) is 20.2. The van der Waals surface area contributed by atoms with Crippen LogP contribution in [0.2, 0.25) is 0 Å². The third kappa shape index (κ3) is 4.14. The first-order valence-corrected chi connectivity index (χ1v) is 9.08. The van der Waals surface area contributed by atoms with Crippen molar-refractivity contribution in [2.24, 2.45) is 0 Å². The van der Waals surface area contributed by atoms with E-state index in [-0.39, 0.29) is 12.4 Å². The van der Waals surface area contributed by atoms with Gasteiger partial charge < -0.3 is 10.5 Å². The molecule has 0 unspecified atom stereocenters. The maximum absolute atomic E-state index is 12.1. The predicted molar refractivity (Wildman–Crippen MR) is 112 cm³/mol. The van der Waals surface area contributed by atoms with Crippen LogP contribution in [0.4, 0.5) is 16.3 Å². The van der Waals surface area contributed by atoms with E-state index in [1.165, 1.54) is 0 Å². The first kappa shape index (κ1) is 18.4. The number of nitrogens with zero attached hydrogens (tertiary/aromatic N) is 3. The molecule has 0 spiro atoms. The van der Waals surface area contributed by atoms with Gasteiger partial charge in [0, 0.05) is 11.6 Å². The summed E-state index contributed by atoms with van der Waals surface area (Å²) in [6, 6.07) is 20.7. The highest BCUT2D eigenvalue weighted by atomic mass is 16.5. The standard InChI is InChI=1S/C22H19N5O2/c1-14-19(16-10-6-3-7-11-16)27-20-17(23)12-18(25-21(20)24-14)26-22(28)29-13-15-8-4-2-5-9-15/h2-12H,13H2,1H3,(H3,23,24,25,26,28). The van der Waals surface area contributed by atoms with E-state index in [9.17, 15) is 4.79 Å². The minimum atomic E-state index is -0.620. The Morgan fingerprint density at radius 3 is 2.41 bits per heavy atom. The van der Waals surface area contributed by atoms with E-state index < -0.39 is 6.09 Å². The van der Waals surface area contributed by atoms with Crippen molar-refractivity contribution < 1.29 is 9.53 Å². The number of carbonyl (C=O) groups is 1. The number of nitrogens with one attached hydrogen (secondary N) is 1. The van der Waals surface area contributed by atoms with E-state index >= 15 is 0 Å². The topological polar surface area (TPSA) is 103 Å². The van der Waals surface area contributed by atoms with Crippen LogP contribution < -0.4 is 11.1 Å². The molecule has 4 rings (SSSR count). The number of pyridine rings is 1. The Hall–Kier alpha value is -4.00. The highest BCUT2D eigenvalue weighted by Gasteiger charge is 2.13. The lowest BCUT2D eigenvalue weighted by molar-refractivity contribution is 0.155. The lowest BCUT2D eigenvalue weighted by Crippen LogP contribution is -2.15. The van der Waals surface area contributed by atoms with Crippen LogP contribution in [0, 0.1) is 6.92 Å². The van der Waals surface area contributed by atoms with Gasteiger partial charge >= 0.3 is 6.09 Å². The molecule has 29 heavy (non-hydrogen) atoms. The summed E-state index contributed by atoms with van der Waals surface area (Å²) in [5.41, 5.74) is 10.7. The molecular weight excluding hydrogens is 366 g/mol. The summed E-state index contributed by atoms with van der Waals surface area (Å²) in [6.07, 6.45) is -0.620. The Morgan fingerprint density at radius 1 is 1.00 bits per heavy atom. The van der Waals surface area contributed by atoms with Crippen molar-refractivity contribution in [2.75, 3.05) is 11.1 Å². The Balaban J connectivity index is 1.56. The average Bonchev–Trinajstić information content (AvgIpc) is 2.73. The Labute approximate surface area is 167 Å². The van der Waals surface area contributed by atoms with Crippen LogP contribution in [0.1, 0.15) is 11.3 Å². The maximum atomic E-state index is 12.1. The summed E-state index contributed by atoms with van der Waals surface area (Å²) in [5, 5.41) is 2.59. The van der Waals surface area contributed by atoms with Gasteiger partial charge in [-0.2, -0.15) is 0 Å². The molecule has 0 bridgehead atoms. The number of hydrogen-bond donors (Lipinski definition) is 2. The van der Waals surface area contributed by atoms with E-state index in [2.05, 4.69) is 20.3 Å². The fraction of sp³-hybridized carbons (Fsp3) is 0.0909. The number of carbonyl (C=O) groups excluding carboxylic acids is 1. The van der Waals surface area contributed by atoms with Crippen LogP contribution >= 0.6 is 0 Å². The van der Waals surface area contributed by atoms with Gasteiger partial charge in [0.15, 0.2) is 5.65 Å². The van der Waals surface area contributed by atoms with Crippen molar-refractivity contribution in [3.8, 4) is 11.3 Å². The number of aromatic nitrogens is 3. The number of amides is 1. The van der Waals surface area contributed by atoms with E-state index in [0.717, 1.165) is 22.5 Å². The summed E-state index contributed by atoms with van der Waals surface area (Å²) < 4.78 is 5.22. The molecule has 0 saturated heterocycles. The van der Waals surface area contributed by atoms with Gasteiger partial charge in [0.1, 0.15) is 17.9 Å². The fourth-order valence-electron chi connectivity index (χ4n) is 2.94. The van der Waals surface area contributed by atoms with E-state index in [4.69, 9.17) is 10.5 Å². The summed E-state index contributed by atoms with van der Waals surface area (Å²) in [6.45, 7) is 2.02. The summed E-state index contributed by atoms with van der Waals surface area (Å²) in [7, 11) is 0. The second-order valence-corrected chi connectivity index (χ2v) is 6.48. The molecule has 1 amide bonds. The van der Waals surface area contributed by atoms with Crippen molar-refractivity contribution in [2.45, 2.75) is 13.5 Å². The largest absolute Gasteiger partial charge is 0.444 e. The molecule has 2 aromatic carbocycles. The van der Waals surface area contributed by atoms with Crippen LogP contribution in [-0.2, 0) is 11.3 Å². The molecule has 7 heteroatoms. The second-order valence-electron chi connectivity index (χ2n) is 6.48. The molecule has 0 atom stereocenters. The molecule has 3 N–H and O–H groups in total. The van der Waals surface area contributed by atoms with Crippen LogP contribution in [-0.4, -0.2) is 21.0 Å². The Kier molecular flexibility index (Phi) is 5.03. The number of nitrogens with two attached hydrogens (primary N) is 1. The normalized spacial score (nSPS) is 10.7. The monoisotopic (exact) mass is 385 g/mol. The zero-order valence-electron chi connectivity index (χ0n) is 15.8. The van der Waals surface area contributed by atoms with Crippen molar-refractivity contribution in [3.05, 3.63) is 78.0 Å². The van der Waals surface area contributed by atoms with Gasteiger partial charge in [0.2, 0.25) is 0 Å². The van der Waals surface area contributed by atoms with Crippen molar-refractivity contribution >= 4 is 28.8 Å². The SMILES string of the molecule is Cc1nc2nc(NC(=O)OCc3ccccc3)cc(N)c2nc1-c1ccccc1. The molecule has 2 heterocycles. The molecule has 0 radical (unpaired) electrons. The molecule has 0 aliphatic carbocycles. The lowest BCUT2D eigenvalue weighted by Gasteiger charge is -2.10. The molecule has 0 fully saturated rings. The second kappa shape index (κ2) is 7.93. The van der Waals surface area contributed by atoms with Crippen LogP contribution in [0.25, 0.3) is 22.4 Å². The third-order valence-corrected chi connectivity index (χ3v) is 4.33. The lowest BCUT2D eigenvalue weighted by atomic mass is 10.1. The quantitative estimate of drug-likeness (QED) is 0.542. The number of ether oxygens (including phenoxy) is 1. The molecule has 2 aromatic heterocycles. The Bertz CT molecular complexity index is 1160. The van der Waals surface area contributed by atoms with E-state index in [0.29, 0.717) is 16.9 Å². The van der Waals surface area contributed by atoms with Crippen LogP contribution in [0.5, 0.6) is 0 Å². The molecule has 4 aromatic rings.